The molecule has 0 radical (unpaired) electrons. The monoisotopic (exact) mass is 312 g/mol. The molecule has 0 aromatic carbocycles. The van der Waals surface area contributed by atoms with Gasteiger partial charge in [0.05, 0.1) is 0 Å². The molecule has 0 aromatic rings. The number of halogens is 1. The number of hydrogen-bond donors (Lipinski definition) is 0. The molecule has 0 bridgehead atoms. The fraction of sp³-hybridized carbons (Fsp3) is 0. The van der Waals surface area contributed by atoms with Crippen molar-refractivity contribution in [1.29, 1.82) is 0 Å². The van der Waals surface area contributed by atoms with Crippen LogP contribution in [0.25, 0.3) is 0 Å². The van der Waals surface area contributed by atoms with Crippen LogP contribution in [0.3, 0.4) is 0 Å². The van der Waals surface area contributed by atoms with Crippen molar-refractivity contribution < 1.29 is 45.7 Å². The molecule has 0 fully saturated rings. The summed E-state index contributed by atoms with van der Waals surface area (Å²) in [7, 11) is 4.58. The van der Waals surface area contributed by atoms with Gasteiger partial charge < -0.3 is 0 Å². The van der Waals surface area contributed by atoms with Crippen molar-refractivity contribution in [3.05, 3.63) is 0 Å². The fourth-order valence-electron chi connectivity index (χ4n) is 0. The summed E-state index contributed by atoms with van der Waals surface area (Å²) in [6, 6.07) is 0. The molecule has 5 heavy (non-hydrogen) atoms. The summed E-state index contributed by atoms with van der Waals surface area (Å²) in [4.78, 5) is 0. The van der Waals surface area contributed by atoms with Crippen LogP contribution in [0.15, 0.2) is 0 Å². The van der Waals surface area contributed by atoms with Crippen molar-refractivity contribution in [1.82, 2.24) is 0 Å². The van der Waals surface area contributed by atoms with Gasteiger partial charge in [-0.3, -0.25) is 0 Å². The maximum absolute atomic E-state index is 8.50. The molecule has 0 aliphatic carbocycles. The molecule has 0 N–H and O–H groups in total. The quantitative estimate of drug-likeness (QED) is 0.609. The summed E-state index contributed by atoms with van der Waals surface area (Å²) in [5.74, 6) is 0. The van der Waals surface area contributed by atoms with Gasteiger partial charge in [-0.15, -0.1) is 0 Å². The van der Waals surface area contributed by atoms with E-state index in [1.807, 2.05) is 0 Å². The first kappa shape index (κ1) is 9.60. The fourth-order valence-corrected chi connectivity index (χ4v) is 0. The van der Waals surface area contributed by atoms with E-state index in [0.717, 1.165) is 0 Å². The molecule has 34 valence electrons. The van der Waals surface area contributed by atoms with Crippen molar-refractivity contribution in [3.8, 4) is 0 Å². The first-order valence-corrected chi connectivity index (χ1v) is 4.48. The zero-order chi connectivity index (χ0) is 4.71. The van der Waals surface area contributed by atoms with Crippen molar-refractivity contribution in [2.45, 2.75) is 0 Å². The second-order valence-electron chi connectivity index (χ2n) is 0.0833. The third kappa shape index (κ3) is 33.1. The van der Waals surface area contributed by atoms with Gasteiger partial charge in [0.25, 0.3) is 0 Å². The Morgan fingerprint density at radius 3 is 1.40 bits per heavy atom. The normalized spacial score (nSPS) is 3.00. The van der Waals surface area contributed by atoms with E-state index in [0.29, 0.717) is 0 Å². The van der Waals surface area contributed by atoms with Gasteiger partial charge in [0.15, 0.2) is 0 Å². The summed E-state index contributed by atoms with van der Waals surface area (Å²) in [5, 5.41) is 0. The van der Waals surface area contributed by atoms with E-state index in [4.69, 9.17) is 6.65 Å². The van der Waals surface area contributed by atoms with E-state index in [-0.39, 0.29) is 0 Å². The van der Waals surface area contributed by atoms with Crippen LogP contribution in [0.2, 0.25) is 0 Å². The standard InChI is InChI=1S/Au.ClH.2O.Ti/h;1H;;;/q+1;;;;/p-1. The zero-order valence-electron chi connectivity index (χ0n) is 2.00. The third-order valence-electron chi connectivity index (χ3n) is 0. The Morgan fingerprint density at radius 1 is 1.40 bits per heavy atom. The molecule has 0 aliphatic heterocycles. The van der Waals surface area contributed by atoms with E-state index in [9.17, 15) is 0 Å². The average Bonchev–Trinajstić information content (AvgIpc) is 1.46. The first-order chi connectivity index (χ1) is 2.41. The van der Waals surface area contributed by atoms with Crippen LogP contribution >= 0.6 is 9.19 Å². The van der Waals surface area contributed by atoms with Gasteiger partial charge in [-0.1, -0.05) is 0 Å². The molecule has 0 heterocycles. The van der Waals surface area contributed by atoms with Gasteiger partial charge in [0.1, 0.15) is 0 Å². The molecule has 0 unspecified atom stereocenters. The minimum absolute atomic E-state index is 1.75. The molecular weight excluding hydrogens is 312 g/mol. The SMILES string of the molecule is [Cl][Au].[O]=[Ti]=[O]. The van der Waals surface area contributed by atoms with Crippen molar-refractivity contribution in [2.24, 2.45) is 0 Å². The molecule has 0 aliphatic rings. The van der Waals surface area contributed by atoms with Gasteiger partial charge in [-0.2, -0.15) is 0 Å². The van der Waals surface area contributed by atoms with Crippen LogP contribution in [0, 0.1) is 0 Å². The Balaban J connectivity index is 0. The summed E-state index contributed by atoms with van der Waals surface area (Å²) >= 11 is -0.250. The van der Waals surface area contributed by atoms with Crippen LogP contribution in [-0.2, 0) is 45.7 Å². The van der Waals surface area contributed by atoms with Gasteiger partial charge in [0, 0.05) is 0 Å². The molecule has 0 aromatic heterocycles. The van der Waals surface area contributed by atoms with E-state index < -0.39 is 19.1 Å². The summed E-state index contributed by atoms with van der Waals surface area (Å²) < 4.78 is 17.0. The molecule has 2 nitrogen and oxygen atoms in total. The molecule has 0 rings (SSSR count). The molecule has 0 saturated carbocycles. The van der Waals surface area contributed by atoms with Crippen LogP contribution in [-0.4, -0.2) is 0 Å². The maximum atomic E-state index is 8.50. The van der Waals surface area contributed by atoms with Crippen molar-refractivity contribution >= 4 is 9.19 Å². The predicted molar refractivity (Wildman–Crippen MR) is 7.23 cm³/mol. The van der Waals surface area contributed by atoms with Gasteiger partial charge in [-0.25, -0.2) is 0 Å². The summed E-state index contributed by atoms with van der Waals surface area (Å²) in [6.07, 6.45) is 0. The molecule has 0 amide bonds. The summed E-state index contributed by atoms with van der Waals surface area (Å²) in [5.41, 5.74) is 0. The Kier molecular flexibility index (Phi) is 35.2. The van der Waals surface area contributed by atoms with E-state index in [2.05, 4.69) is 9.19 Å². The second-order valence-corrected chi connectivity index (χ2v) is 0.344. The number of hydrogen-bond acceptors (Lipinski definition) is 2. The molecule has 0 saturated heterocycles. The Morgan fingerprint density at radius 2 is 1.40 bits per heavy atom. The van der Waals surface area contributed by atoms with Crippen molar-refractivity contribution in [3.63, 3.8) is 0 Å². The molecular formula is AuClO2Ti. The van der Waals surface area contributed by atoms with Gasteiger partial charge in [-0.05, 0) is 0 Å². The Hall–Kier alpha value is 1.34. The van der Waals surface area contributed by atoms with Crippen LogP contribution < -0.4 is 0 Å². The van der Waals surface area contributed by atoms with Crippen LogP contribution in [0.4, 0.5) is 0 Å². The van der Waals surface area contributed by atoms with Crippen LogP contribution in [0.5, 0.6) is 0 Å². The topological polar surface area (TPSA) is 34.1 Å². The minimum atomic E-state index is -2.00. The average molecular weight is 312 g/mol. The van der Waals surface area contributed by atoms with E-state index >= 15 is 0 Å². The first-order valence-electron chi connectivity index (χ1n) is 0.522. The summed E-state index contributed by atoms with van der Waals surface area (Å²) in [6.45, 7) is 0. The van der Waals surface area contributed by atoms with Gasteiger partial charge in [0.2, 0.25) is 0 Å². The Labute approximate surface area is 54.6 Å². The zero-order valence-corrected chi connectivity index (χ0v) is 6.48. The predicted octanol–water partition coefficient (Wildman–Crippen LogP) is 0.447. The van der Waals surface area contributed by atoms with Crippen molar-refractivity contribution in [2.75, 3.05) is 0 Å². The Bertz CT molecular complexity index is 30.6. The van der Waals surface area contributed by atoms with Gasteiger partial charge >= 0.3 is 54.9 Å². The molecule has 5 heteroatoms. The molecule has 0 spiro atoms. The van der Waals surface area contributed by atoms with Crippen LogP contribution in [0.1, 0.15) is 0 Å². The number of rotatable bonds is 0. The molecule has 0 atom stereocenters. The second kappa shape index (κ2) is 18.4. The van der Waals surface area contributed by atoms with E-state index in [1.165, 1.54) is 0 Å². The third-order valence-corrected chi connectivity index (χ3v) is 0. The van der Waals surface area contributed by atoms with E-state index in [1.54, 1.807) is 20.0 Å².